The second kappa shape index (κ2) is 32.2. The Balaban J connectivity index is 0.000000120. The number of nitrogens with two attached hydrogens (primary N) is 1. The summed E-state index contributed by atoms with van der Waals surface area (Å²) in [5.74, 6) is 4.05. The van der Waals surface area contributed by atoms with Crippen LogP contribution in [0.2, 0.25) is 30.1 Å². The lowest BCUT2D eigenvalue weighted by Gasteiger charge is -2.31. The molecule has 6 fully saturated rings. The van der Waals surface area contributed by atoms with E-state index in [1.54, 1.807) is 40.1 Å². The molecule has 3 aliphatic heterocycles. The maximum atomic E-state index is 11.5. The van der Waals surface area contributed by atoms with E-state index in [4.69, 9.17) is 123 Å². The first-order valence-electron chi connectivity index (χ1n) is 36.3. The molecule has 31 heteroatoms. The highest BCUT2D eigenvalue weighted by Crippen LogP contribution is 2.50. The van der Waals surface area contributed by atoms with Gasteiger partial charge in [-0.1, -0.05) is 137 Å². The highest BCUT2D eigenvalue weighted by atomic mass is 35.5. The van der Waals surface area contributed by atoms with E-state index >= 15 is 0 Å². The van der Waals surface area contributed by atoms with Crippen LogP contribution in [0, 0.1) is 11.3 Å². The number of nitrogens with one attached hydrogen (secondary N) is 1. The third-order valence-corrected chi connectivity index (χ3v) is 25.7. The van der Waals surface area contributed by atoms with E-state index in [9.17, 15) is 4.79 Å². The number of nitrogens with zero attached hydrogens (tertiary/aromatic N) is 13. The minimum Gasteiger partial charge on any atom is -0.373 e. The second-order valence-electron chi connectivity index (χ2n) is 28.0. The smallest absolute Gasteiger partial charge is 0.248 e. The molecule has 19 rings (SSSR count). The van der Waals surface area contributed by atoms with Gasteiger partial charge in [0.15, 0.2) is 15.4 Å². The van der Waals surface area contributed by atoms with Crippen molar-refractivity contribution in [3.63, 3.8) is 0 Å². The Morgan fingerprint density at radius 3 is 1.19 bits per heavy atom. The lowest BCUT2D eigenvalue weighted by atomic mass is 10.0. The van der Waals surface area contributed by atoms with E-state index < -0.39 is 5.91 Å². The van der Waals surface area contributed by atoms with Crippen LogP contribution in [-0.4, -0.2) is 115 Å². The normalized spacial score (nSPS) is 16.6. The highest BCUT2D eigenvalue weighted by Gasteiger charge is 2.38. The largest absolute Gasteiger partial charge is 0.373 e. The van der Waals surface area contributed by atoms with Crippen LogP contribution in [0.15, 0.2) is 123 Å². The molecule has 0 bridgehead atoms. The van der Waals surface area contributed by atoms with Gasteiger partial charge in [-0.15, -0.1) is 10.2 Å². The van der Waals surface area contributed by atoms with Crippen molar-refractivity contribution < 1.29 is 32.6 Å². The van der Waals surface area contributed by atoms with Crippen molar-refractivity contribution >= 4 is 156 Å². The molecule has 3 aliphatic carbocycles. The number of carbonyl (C=O) groups excluding carboxylic acids is 1. The molecule has 558 valence electrons. The number of aromatic nitrogens is 10. The predicted molar refractivity (Wildman–Crippen MR) is 427 cm³/mol. The second-order valence-corrected chi connectivity index (χ2v) is 33.4. The van der Waals surface area contributed by atoms with Crippen molar-refractivity contribution in [3.8, 4) is 51.2 Å². The number of carbonyl (C=O) groups is 1. The molecule has 0 spiro atoms. The minimum atomic E-state index is -0.428. The number of benzene rings is 6. The van der Waals surface area contributed by atoms with Gasteiger partial charge in [-0.2, -0.15) is 10.5 Å². The van der Waals surface area contributed by atoms with Crippen LogP contribution in [0.4, 0.5) is 15.4 Å². The molecule has 22 nitrogen and oxygen atoms in total. The first-order valence-corrected chi connectivity index (χ1v) is 41.0. The molecule has 6 aromatic carbocycles. The van der Waals surface area contributed by atoms with Gasteiger partial charge in [-0.3, -0.25) is 4.79 Å². The first-order chi connectivity index (χ1) is 53.2. The number of tetrazole rings is 1. The Hall–Kier alpha value is -8.33. The van der Waals surface area contributed by atoms with E-state index in [0.717, 1.165) is 202 Å². The van der Waals surface area contributed by atoms with Crippen molar-refractivity contribution in [2.24, 2.45) is 5.73 Å². The van der Waals surface area contributed by atoms with Gasteiger partial charge < -0.3 is 48.2 Å². The average molecular weight is 1640 g/mol. The summed E-state index contributed by atoms with van der Waals surface area (Å²) >= 11 is 43.8. The van der Waals surface area contributed by atoms with E-state index in [1.165, 1.54) is 0 Å². The Morgan fingerprint density at radius 2 is 0.844 bits per heavy atom. The molecule has 0 unspecified atom stereocenters. The third-order valence-electron chi connectivity index (χ3n) is 20.6. The zero-order valence-corrected chi connectivity index (χ0v) is 65.4. The Morgan fingerprint density at radius 1 is 0.486 bits per heavy atom. The maximum Gasteiger partial charge on any atom is 0.248 e. The molecule has 10 heterocycles. The summed E-state index contributed by atoms with van der Waals surface area (Å²) in [6.07, 6.45) is 12.4. The number of rotatable bonds is 20. The summed E-state index contributed by atoms with van der Waals surface area (Å²) in [4.78, 5) is 32.8. The van der Waals surface area contributed by atoms with Crippen LogP contribution in [0.3, 0.4) is 0 Å². The van der Waals surface area contributed by atoms with Gasteiger partial charge in [-0.05, 0) is 173 Å². The summed E-state index contributed by atoms with van der Waals surface area (Å²) in [6, 6.07) is 35.7. The number of H-pyrrole nitrogens is 1. The third kappa shape index (κ3) is 16.1. The molecular weight excluding hydrogens is 1570 g/mol. The average Bonchev–Trinajstić information content (AvgIpc) is 1.61. The predicted octanol–water partition coefficient (Wildman–Crippen LogP) is 20.1. The SMILES string of the molecule is Clc1cccc(Cl)c1-c1noc(C2CC2)c1COC1CCN(c2nc3ccc(-c4nn[nH]n4)cc3s2)CC1.N#Cc1ccc2nc(N3CCC(OCc4c(-c5c(Cl)cccc5Cl)noc4C4CC4)CC3)sc2c1.NC(=O)c1ccc2nc(N3CCC(OCc4c(-c5c(Cl)cccc5Cl)noc4C4CC4)CC3)sc2c1. The van der Waals surface area contributed by atoms with Crippen LogP contribution in [-0.2, 0) is 34.0 Å². The molecule has 109 heavy (non-hydrogen) atoms. The van der Waals surface area contributed by atoms with Gasteiger partial charge in [0.1, 0.15) is 34.4 Å². The summed E-state index contributed by atoms with van der Waals surface area (Å²) < 4.78 is 39.6. The summed E-state index contributed by atoms with van der Waals surface area (Å²) in [5, 5.41) is 42.8. The Bertz CT molecular complexity index is 5470. The number of halogens is 6. The van der Waals surface area contributed by atoms with Crippen LogP contribution in [0.5, 0.6) is 0 Å². The monoisotopic (exact) mass is 1630 g/mol. The number of nitriles is 1. The highest BCUT2D eigenvalue weighted by molar-refractivity contribution is 7.23. The number of ether oxygens (including phenoxy) is 3. The molecule has 3 N–H and O–H groups in total. The lowest BCUT2D eigenvalue weighted by Crippen LogP contribution is -2.36. The Kier molecular flexibility index (Phi) is 21.7. The van der Waals surface area contributed by atoms with Crippen LogP contribution < -0.4 is 20.4 Å². The van der Waals surface area contributed by atoms with Crippen LogP contribution in [0.25, 0.3) is 75.8 Å². The molecule has 7 aromatic heterocycles. The number of fused-ring (bicyclic) bond motifs is 3. The van der Waals surface area contributed by atoms with E-state index in [1.807, 2.05) is 97.1 Å². The number of hydrogen-bond acceptors (Lipinski definition) is 23. The quantitative estimate of drug-likeness (QED) is 0.0717. The lowest BCUT2D eigenvalue weighted by molar-refractivity contribution is 0.0245. The summed E-state index contributed by atoms with van der Waals surface area (Å²) in [6.45, 7) is 6.45. The van der Waals surface area contributed by atoms with E-state index in [2.05, 4.69) is 62.9 Å². The molecule has 1 amide bonds. The van der Waals surface area contributed by atoms with E-state index in [-0.39, 0.29) is 18.3 Å². The minimum absolute atomic E-state index is 0.119. The van der Waals surface area contributed by atoms with Gasteiger partial charge >= 0.3 is 0 Å². The number of amides is 1. The van der Waals surface area contributed by atoms with E-state index in [0.29, 0.717) is 118 Å². The number of hydrogen-bond donors (Lipinski definition) is 2. The molecule has 3 saturated heterocycles. The fourth-order valence-corrected chi connectivity index (χ4v) is 19.1. The molecular formula is C78H69Cl6N15O7S3. The maximum absolute atomic E-state index is 11.5. The molecule has 0 atom stereocenters. The van der Waals surface area contributed by atoms with Crippen molar-refractivity contribution in [2.45, 2.75) is 133 Å². The number of thiazole rings is 3. The number of primary amides is 1. The van der Waals surface area contributed by atoms with Gasteiger partial charge in [0.05, 0.1) is 111 Å². The van der Waals surface area contributed by atoms with Crippen LogP contribution in [0.1, 0.15) is 145 Å². The van der Waals surface area contributed by atoms with Crippen molar-refractivity contribution in [1.82, 2.24) is 51.0 Å². The summed E-state index contributed by atoms with van der Waals surface area (Å²) in [7, 11) is 0. The Labute approximate surface area is 667 Å². The van der Waals surface area contributed by atoms with Crippen LogP contribution >= 0.6 is 104 Å². The zero-order valence-electron chi connectivity index (χ0n) is 58.4. The van der Waals surface area contributed by atoms with Crippen molar-refractivity contribution in [3.05, 3.63) is 184 Å². The van der Waals surface area contributed by atoms with Gasteiger partial charge in [-0.25, -0.2) is 15.0 Å². The topological polar surface area (TPSA) is 276 Å². The fraction of sp³-hybridized carbons (Fsp3) is 0.346. The molecule has 13 aromatic rings. The molecule has 6 aliphatic rings. The molecule has 0 radical (unpaired) electrons. The summed E-state index contributed by atoms with van der Waals surface area (Å²) in [5.41, 5.74) is 17.3. The van der Waals surface area contributed by atoms with Crippen molar-refractivity contribution in [2.75, 3.05) is 54.0 Å². The fourth-order valence-electron chi connectivity index (χ4n) is 14.2. The number of piperidine rings is 3. The standard InChI is InChI=1S/C26H23Cl2N7O2S.C26H24Cl2N4O3S.C26H22Cl2N4O2S/c27-18-2-1-3-19(28)22(18)23-17(24(37-32-23)14-4-5-14)13-36-16-8-10-35(11-9-16)26-29-20-7-6-15(12-21(20)38-26)25-30-33-34-31-25;27-18-2-1-3-19(28)22(18)23-17(24(35-31-23)14-4-5-14)13-34-16-8-10-32(11-9-16)26-30-20-7-6-15(25(29)33)12-21(20)36-26;27-19-2-1-3-20(28)23(19)24-18(25(34-31-24)16-5-6-16)14-33-17-8-10-32(11-9-17)26-30-21-7-4-15(13-29)12-22(21)35-26/h1-3,6-7,12,14,16H,4-5,8-11,13H2,(H,30,31,33,34);1-3,6-7,12,14,16H,4-5,8-11,13H2,(H2,29,33);1-4,7,12,16-17H,5-6,8-11,14H2. The number of anilines is 3. The van der Waals surface area contributed by atoms with Gasteiger partial charge in [0, 0.05) is 102 Å². The van der Waals surface area contributed by atoms with Gasteiger partial charge in [0.2, 0.25) is 11.7 Å². The zero-order chi connectivity index (χ0) is 74.4. The van der Waals surface area contributed by atoms with Gasteiger partial charge in [0.25, 0.3) is 0 Å². The molecule has 3 saturated carbocycles. The van der Waals surface area contributed by atoms with Crippen molar-refractivity contribution in [1.29, 1.82) is 5.26 Å². The first kappa shape index (κ1) is 73.5. The number of aromatic amines is 1.